The van der Waals surface area contributed by atoms with Crippen LogP contribution in [0.15, 0.2) is 16.9 Å². The second-order valence-corrected chi connectivity index (χ2v) is 5.66. The van der Waals surface area contributed by atoms with Crippen LogP contribution in [0.4, 0.5) is 0 Å². The van der Waals surface area contributed by atoms with E-state index in [9.17, 15) is 4.79 Å². The Bertz CT molecular complexity index is 609. The zero-order chi connectivity index (χ0) is 14.9. The predicted octanol–water partition coefficient (Wildman–Crippen LogP) is 2.02. The fourth-order valence-electron chi connectivity index (χ4n) is 1.51. The lowest BCUT2D eigenvalue weighted by Gasteiger charge is -2.11. The molecule has 0 aliphatic rings. The second kappa shape index (κ2) is 5.07. The molecule has 108 valence electrons. The summed E-state index contributed by atoms with van der Waals surface area (Å²) in [4.78, 5) is 16.1. The van der Waals surface area contributed by atoms with Crippen molar-refractivity contribution in [2.24, 2.45) is 7.05 Å². The predicted molar refractivity (Wildman–Crippen MR) is 70.0 cm³/mol. The first kappa shape index (κ1) is 14.2. The molecule has 7 nitrogen and oxygen atoms in total. The molecule has 0 spiro atoms. The third-order valence-corrected chi connectivity index (χ3v) is 2.68. The molecule has 1 atom stereocenters. The van der Waals surface area contributed by atoms with Gasteiger partial charge in [0.15, 0.2) is 11.9 Å². The van der Waals surface area contributed by atoms with Crippen molar-refractivity contribution in [1.29, 1.82) is 0 Å². The Kier molecular flexibility index (Phi) is 3.61. The van der Waals surface area contributed by atoms with Gasteiger partial charge in [-0.1, -0.05) is 25.9 Å². The molecule has 2 heterocycles. The van der Waals surface area contributed by atoms with Crippen LogP contribution in [0, 0.1) is 0 Å². The van der Waals surface area contributed by atoms with Gasteiger partial charge < -0.3 is 9.26 Å². The molecule has 2 aromatic rings. The van der Waals surface area contributed by atoms with Gasteiger partial charge in [-0.2, -0.15) is 10.1 Å². The average molecular weight is 278 g/mol. The fourth-order valence-corrected chi connectivity index (χ4v) is 1.51. The van der Waals surface area contributed by atoms with Crippen LogP contribution < -0.4 is 0 Å². The number of aromatic nitrogens is 4. The maximum absolute atomic E-state index is 11.9. The van der Waals surface area contributed by atoms with Gasteiger partial charge in [0, 0.05) is 18.7 Å². The van der Waals surface area contributed by atoms with Gasteiger partial charge in [-0.25, -0.2) is 4.79 Å². The van der Waals surface area contributed by atoms with Crippen LogP contribution in [0.1, 0.15) is 55.9 Å². The van der Waals surface area contributed by atoms with Gasteiger partial charge in [0.05, 0.1) is 11.8 Å². The van der Waals surface area contributed by atoms with Gasteiger partial charge in [0.2, 0.25) is 0 Å². The number of hydrogen-bond donors (Lipinski definition) is 0. The minimum Gasteiger partial charge on any atom is -0.449 e. The minimum atomic E-state index is -0.605. The highest BCUT2D eigenvalue weighted by molar-refractivity contribution is 5.88. The highest BCUT2D eigenvalue weighted by Gasteiger charge is 2.25. The maximum Gasteiger partial charge on any atom is 0.342 e. The molecule has 20 heavy (non-hydrogen) atoms. The Morgan fingerprint density at radius 2 is 2.15 bits per heavy atom. The SMILES string of the molecule is C[C@@H](OC(=O)c1cnn(C)c1)c1nc(C(C)(C)C)no1. The largest absolute Gasteiger partial charge is 0.449 e. The quantitative estimate of drug-likeness (QED) is 0.799. The molecule has 0 aliphatic carbocycles. The zero-order valence-electron chi connectivity index (χ0n) is 12.2. The first-order valence-corrected chi connectivity index (χ1v) is 6.31. The summed E-state index contributed by atoms with van der Waals surface area (Å²) in [7, 11) is 1.73. The third-order valence-electron chi connectivity index (χ3n) is 2.68. The molecule has 0 aromatic carbocycles. The molecule has 2 aromatic heterocycles. The van der Waals surface area contributed by atoms with E-state index in [1.165, 1.54) is 10.9 Å². The van der Waals surface area contributed by atoms with Crippen molar-refractivity contribution in [1.82, 2.24) is 19.9 Å². The summed E-state index contributed by atoms with van der Waals surface area (Å²) in [6.07, 6.45) is 2.43. The van der Waals surface area contributed by atoms with Crippen LogP contribution in [-0.4, -0.2) is 25.9 Å². The first-order valence-electron chi connectivity index (χ1n) is 6.31. The number of aryl methyl sites for hydroxylation is 1. The number of carbonyl (C=O) groups excluding carboxylic acids is 1. The standard InChI is InChI=1S/C13H18N4O3/c1-8(10-15-12(16-20-10)13(2,3)4)19-11(18)9-6-14-17(5)7-9/h6-8H,1-5H3/t8-/m1/s1. The minimum absolute atomic E-state index is 0.213. The number of esters is 1. The van der Waals surface area contributed by atoms with E-state index in [4.69, 9.17) is 9.26 Å². The molecule has 0 fully saturated rings. The van der Waals surface area contributed by atoms with Crippen LogP contribution in [-0.2, 0) is 17.2 Å². The second-order valence-electron chi connectivity index (χ2n) is 5.66. The molecule has 0 aliphatic heterocycles. The molecule has 0 N–H and O–H groups in total. The summed E-state index contributed by atoms with van der Waals surface area (Å²) in [5, 5.41) is 7.82. The number of carbonyl (C=O) groups is 1. The Labute approximate surface area is 116 Å². The van der Waals surface area contributed by atoms with Gasteiger partial charge >= 0.3 is 5.97 Å². The van der Waals surface area contributed by atoms with Gasteiger partial charge in [0.1, 0.15) is 0 Å². The van der Waals surface area contributed by atoms with E-state index in [0.717, 1.165) is 0 Å². The molecule has 0 saturated carbocycles. The summed E-state index contributed by atoms with van der Waals surface area (Å²) in [6, 6.07) is 0. The van der Waals surface area contributed by atoms with Crippen molar-refractivity contribution in [3.05, 3.63) is 29.7 Å². The highest BCUT2D eigenvalue weighted by Crippen LogP contribution is 2.22. The van der Waals surface area contributed by atoms with Crippen molar-refractivity contribution >= 4 is 5.97 Å². The smallest absolute Gasteiger partial charge is 0.342 e. The van der Waals surface area contributed by atoms with E-state index in [0.29, 0.717) is 11.4 Å². The van der Waals surface area contributed by atoms with Crippen LogP contribution in [0.25, 0.3) is 0 Å². The summed E-state index contributed by atoms with van der Waals surface area (Å²) in [5.41, 5.74) is 0.171. The van der Waals surface area contributed by atoms with Crippen molar-refractivity contribution in [3.63, 3.8) is 0 Å². The maximum atomic E-state index is 11.9. The van der Waals surface area contributed by atoms with Gasteiger partial charge in [0.25, 0.3) is 5.89 Å². The van der Waals surface area contributed by atoms with E-state index >= 15 is 0 Å². The average Bonchev–Trinajstić information content (AvgIpc) is 2.95. The Morgan fingerprint density at radius 1 is 1.45 bits per heavy atom. The molecular weight excluding hydrogens is 260 g/mol. The lowest BCUT2D eigenvalue weighted by Crippen LogP contribution is -2.14. The number of ether oxygens (including phenoxy) is 1. The van der Waals surface area contributed by atoms with Gasteiger partial charge in [-0.15, -0.1) is 0 Å². The molecule has 0 radical (unpaired) electrons. The highest BCUT2D eigenvalue weighted by atomic mass is 16.6. The van der Waals surface area contributed by atoms with E-state index in [-0.39, 0.29) is 11.3 Å². The number of rotatable bonds is 3. The van der Waals surface area contributed by atoms with Crippen molar-refractivity contribution in [3.8, 4) is 0 Å². The van der Waals surface area contributed by atoms with Crippen LogP contribution in [0.2, 0.25) is 0 Å². The Hall–Kier alpha value is -2.18. The summed E-state index contributed by atoms with van der Waals surface area (Å²) < 4.78 is 11.9. The van der Waals surface area contributed by atoms with E-state index in [1.807, 2.05) is 20.8 Å². The first-order chi connectivity index (χ1) is 9.27. The molecule has 0 bridgehead atoms. The summed E-state index contributed by atoms with van der Waals surface area (Å²) in [6.45, 7) is 7.63. The molecule has 7 heteroatoms. The van der Waals surface area contributed by atoms with Crippen LogP contribution in [0.5, 0.6) is 0 Å². The Balaban J connectivity index is 2.07. The van der Waals surface area contributed by atoms with E-state index < -0.39 is 12.1 Å². The normalized spacial score (nSPS) is 13.2. The molecule has 0 saturated heterocycles. The van der Waals surface area contributed by atoms with Crippen molar-refractivity contribution < 1.29 is 14.1 Å². The van der Waals surface area contributed by atoms with Crippen molar-refractivity contribution in [2.45, 2.75) is 39.2 Å². The third kappa shape index (κ3) is 3.04. The molecule has 0 amide bonds. The van der Waals surface area contributed by atoms with E-state index in [1.54, 1.807) is 20.2 Å². The van der Waals surface area contributed by atoms with Crippen LogP contribution >= 0.6 is 0 Å². The number of nitrogens with zero attached hydrogens (tertiary/aromatic N) is 4. The summed E-state index contributed by atoms with van der Waals surface area (Å²) in [5.74, 6) is 0.394. The molecular formula is C13H18N4O3. The fraction of sp³-hybridized carbons (Fsp3) is 0.538. The topological polar surface area (TPSA) is 83.0 Å². The molecule has 0 unspecified atom stereocenters. The zero-order valence-corrected chi connectivity index (χ0v) is 12.2. The Morgan fingerprint density at radius 3 is 2.65 bits per heavy atom. The lowest BCUT2D eigenvalue weighted by molar-refractivity contribution is 0.0265. The van der Waals surface area contributed by atoms with Gasteiger partial charge in [-0.05, 0) is 6.92 Å². The van der Waals surface area contributed by atoms with Crippen molar-refractivity contribution in [2.75, 3.05) is 0 Å². The lowest BCUT2D eigenvalue weighted by atomic mass is 9.96. The van der Waals surface area contributed by atoms with E-state index in [2.05, 4.69) is 15.2 Å². The summed E-state index contributed by atoms with van der Waals surface area (Å²) >= 11 is 0. The molecule has 2 rings (SSSR count). The monoisotopic (exact) mass is 278 g/mol. The number of hydrogen-bond acceptors (Lipinski definition) is 6. The van der Waals surface area contributed by atoms with Crippen LogP contribution in [0.3, 0.4) is 0 Å². The van der Waals surface area contributed by atoms with Gasteiger partial charge in [-0.3, -0.25) is 4.68 Å².